The van der Waals surface area contributed by atoms with E-state index in [4.69, 9.17) is 16.3 Å². The first-order chi connectivity index (χ1) is 12.5. The Morgan fingerprint density at radius 1 is 0.962 bits per heavy atom. The van der Waals surface area contributed by atoms with Crippen molar-refractivity contribution in [3.63, 3.8) is 0 Å². The highest BCUT2D eigenvalue weighted by molar-refractivity contribution is 6.32. The van der Waals surface area contributed by atoms with Crippen molar-refractivity contribution >= 4 is 34.2 Å². The van der Waals surface area contributed by atoms with Crippen molar-refractivity contribution in [3.05, 3.63) is 71.2 Å². The normalized spacial score (nSPS) is 10.3. The largest absolute Gasteiger partial charge is 0.507 e. The molecule has 0 atom stereocenters. The number of phenols is 1. The van der Waals surface area contributed by atoms with Gasteiger partial charge in [-0.2, -0.15) is 0 Å². The maximum Gasteiger partial charge on any atom is 0.276 e. The quantitative estimate of drug-likeness (QED) is 0.616. The number of phenolic OH excluding ortho intramolecular Hbond substituents is 1. The van der Waals surface area contributed by atoms with E-state index in [0.717, 1.165) is 10.8 Å². The topological polar surface area (TPSA) is 87.7 Å². The molecule has 3 aromatic rings. The summed E-state index contributed by atoms with van der Waals surface area (Å²) >= 11 is 5.93. The van der Waals surface area contributed by atoms with Crippen LogP contribution < -0.4 is 15.6 Å². The number of carbonyl (C=O) groups is 2. The smallest absolute Gasteiger partial charge is 0.276 e. The summed E-state index contributed by atoms with van der Waals surface area (Å²) in [4.78, 5) is 24.0. The number of hydrogen-bond acceptors (Lipinski definition) is 4. The van der Waals surface area contributed by atoms with Crippen LogP contribution in [0.25, 0.3) is 10.8 Å². The molecule has 0 aliphatic heterocycles. The number of hydrogen-bond donors (Lipinski definition) is 3. The fourth-order valence-corrected chi connectivity index (χ4v) is 2.54. The molecule has 26 heavy (non-hydrogen) atoms. The Bertz CT molecular complexity index is 975. The maximum absolute atomic E-state index is 12.2. The molecule has 132 valence electrons. The molecule has 0 heterocycles. The Balaban J connectivity index is 1.59. The van der Waals surface area contributed by atoms with E-state index in [1.54, 1.807) is 30.3 Å². The molecule has 0 saturated carbocycles. The van der Waals surface area contributed by atoms with Gasteiger partial charge in [0.2, 0.25) is 0 Å². The first-order valence-electron chi connectivity index (χ1n) is 7.73. The zero-order chi connectivity index (χ0) is 18.5. The van der Waals surface area contributed by atoms with E-state index in [2.05, 4.69) is 10.9 Å². The van der Waals surface area contributed by atoms with Crippen LogP contribution in [0.2, 0.25) is 5.02 Å². The van der Waals surface area contributed by atoms with Gasteiger partial charge >= 0.3 is 0 Å². The van der Waals surface area contributed by atoms with Gasteiger partial charge in [0.25, 0.3) is 11.8 Å². The minimum Gasteiger partial charge on any atom is -0.507 e. The van der Waals surface area contributed by atoms with Crippen molar-refractivity contribution in [2.75, 3.05) is 6.61 Å². The van der Waals surface area contributed by atoms with Crippen LogP contribution in [-0.2, 0) is 4.79 Å². The summed E-state index contributed by atoms with van der Waals surface area (Å²) in [6.07, 6.45) is 0. The van der Waals surface area contributed by atoms with Gasteiger partial charge in [0, 0.05) is 0 Å². The van der Waals surface area contributed by atoms with Crippen molar-refractivity contribution in [1.29, 1.82) is 0 Å². The molecular weight excluding hydrogens is 356 g/mol. The number of para-hydroxylation sites is 1. The second-order valence-corrected chi connectivity index (χ2v) is 5.85. The summed E-state index contributed by atoms with van der Waals surface area (Å²) in [6.45, 7) is -0.326. The molecule has 0 saturated heterocycles. The Hall–Kier alpha value is -3.25. The number of amides is 2. The number of halogens is 1. The van der Waals surface area contributed by atoms with Gasteiger partial charge in [0.1, 0.15) is 11.5 Å². The van der Waals surface area contributed by atoms with E-state index in [0.29, 0.717) is 10.8 Å². The Kier molecular flexibility index (Phi) is 5.24. The molecule has 0 unspecified atom stereocenters. The number of fused-ring (bicyclic) bond motifs is 1. The summed E-state index contributed by atoms with van der Waals surface area (Å²) in [5.41, 5.74) is 4.52. The highest BCUT2D eigenvalue weighted by atomic mass is 35.5. The first-order valence-corrected chi connectivity index (χ1v) is 8.10. The Morgan fingerprint density at radius 2 is 1.62 bits per heavy atom. The van der Waals surface area contributed by atoms with Crippen LogP contribution in [0.3, 0.4) is 0 Å². The SMILES string of the molecule is O=C(COc1ccccc1Cl)NNC(=O)c1cc2ccccc2cc1O. The van der Waals surface area contributed by atoms with Crippen LogP contribution in [0, 0.1) is 0 Å². The molecule has 0 aliphatic carbocycles. The van der Waals surface area contributed by atoms with Crippen LogP contribution in [-0.4, -0.2) is 23.5 Å². The minimum atomic E-state index is -0.639. The molecule has 0 bridgehead atoms. The molecule has 0 fully saturated rings. The van der Waals surface area contributed by atoms with E-state index >= 15 is 0 Å². The summed E-state index contributed by atoms with van der Waals surface area (Å²) in [5.74, 6) is -1.02. The lowest BCUT2D eigenvalue weighted by Gasteiger charge is -2.11. The lowest BCUT2D eigenvalue weighted by atomic mass is 10.1. The number of nitrogens with one attached hydrogen (secondary N) is 2. The second-order valence-electron chi connectivity index (χ2n) is 5.44. The number of ether oxygens (including phenoxy) is 1. The molecule has 6 nitrogen and oxygen atoms in total. The van der Waals surface area contributed by atoms with Gasteiger partial charge in [-0.15, -0.1) is 0 Å². The third-order valence-corrected chi connectivity index (χ3v) is 3.93. The van der Waals surface area contributed by atoms with E-state index in [-0.39, 0.29) is 17.9 Å². The average Bonchev–Trinajstić information content (AvgIpc) is 2.65. The fourth-order valence-electron chi connectivity index (χ4n) is 2.35. The fraction of sp³-hybridized carbons (Fsp3) is 0.0526. The zero-order valence-electron chi connectivity index (χ0n) is 13.5. The number of rotatable bonds is 4. The van der Waals surface area contributed by atoms with Crippen LogP contribution >= 0.6 is 11.6 Å². The predicted molar refractivity (Wildman–Crippen MR) is 98.2 cm³/mol. The number of benzene rings is 3. The highest BCUT2D eigenvalue weighted by Crippen LogP contribution is 2.25. The molecule has 3 N–H and O–H groups in total. The van der Waals surface area contributed by atoms with Gasteiger partial charge in [0.05, 0.1) is 10.6 Å². The van der Waals surface area contributed by atoms with Gasteiger partial charge in [-0.05, 0) is 35.0 Å². The maximum atomic E-state index is 12.2. The Morgan fingerprint density at radius 3 is 2.35 bits per heavy atom. The Labute approximate surface area is 154 Å². The second kappa shape index (κ2) is 7.76. The van der Waals surface area contributed by atoms with Crippen molar-refractivity contribution in [3.8, 4) is 11.5 Å². The first kappa shape index (κ1) is 17.6. The van der Waals surface area contributed by atoms with Gasteiger partial charge in [-0.1, -0.05) is 48.0 Å². The van der Waals surface area contributed by atoms with Gasteiger partial charge in [-0.25, -0.2) is 0 Å². The zero-order valence-corrected chi connectivity index (χ0v) is 14.3. The van der Waals surface area contributed by atoms with E-state index < -0.39 is 11.8 Å². The van der Waals surface area contributed by atoms with Crippen LogP contribution in [0.5, 0.6) is 11.5 Å². The molecule has 0 aromatic heterocycles. The number of carbonyl (C=O) groups excluding carboxylic acids is 2. The van der Waals surface area contributed by atoms with E-state index in [9.17, 15) is 14.7 Å². The minimum absolute atomic E-state index is 0.0519. The van der Waals surface area contributed by atoms with Gasteiger partial charge in [-0.3, -0.25) is 20.4 Å². The molecule has 0 radical (unpaired) electrons. The van der Waals surface area contributed by atoms with E-state index in [1.807, 2.05) is 24.3 Å². The summed E-state index contributed by atoms with van der Waals surface area (Å²) in [6, 6.07) is 17.1. The molecule has 0 spiro atoms. The number of aromatic hydroxyl groups is 1. The molecular formula is C19H15ClN2O4. The monoisotopic (exact) mass is 370 g/mol. The summed E-state index contributed by atoms with van der Waals surface area (Å²) in [5, 5.41) is 12.0. The van der Waals surface area contributed by atoms with E-state index in [1.165, 1.54) is 6.07 Å². The van der Waals surface area contributed by atoms with Gasteiger partial charge < -0.3 is 9.84 Å². The standard InChI is InChI=1S/C19H15ClN2O4/c20-15-7-3-4-8-17(15)26-11-18(24)21-22-19(25)14-9-12-5-1-2-6-13(12)10-16(14)23/h1-10,23H,11H2,(H,21,24)(H,22,25). The lowest BCUT2D eigenvalue weighted by molar-refractivity contribution is -0.123. The highest BCUT2D eigenvalue weighted by Gasteiger charge is 2.13. The van der Waals surface area contributed by atoms with Crippen molar-refractivity contribution in [1.82, 2.24) is 10.9 Å². The van der Waals surface area contributed by atoms with Crippen LogP contribution in [0.1, 0.15) is 10.4 Å². The predicted octanol–water partition coefficient (Wildman–Crippen LogP) is 3.04. The molecule has 3 aromatic carbocycles. The average molecular weight is 371 g/mol. The molecule has 0 aliphatic rings. The molecule has 7 heteroatoms. The van der Waals surface area contributed by atoms with Crippen molar-refractivity contribution in [2.24, 2.45) is 0 Å². The summed E-state index contributed by atoms with van der Waals surface area (Å²) in [7, 11) is 0. The van der Waals surface area contributed by atoms with Crippen molar-refractivity contribution in [2.45, 2.75) is 0 Å². The van der Waals surface area contributed by atoms with Crippen LogP contribution in [0.4, 0.5) is 0 Å². The molecule has 3 rings (SSSR count). The number of hydrazine groups is 1. The van der Waals surface area contributed by atoms with Gasteiger partial charge in [0.15, 0.2) is 6.61 Å². The third-order valence-electron chi connectivity index (χ3n) is 3.62. The van der Waals surface area contributed by atoms with Crippen molar-refractivity contribution < 1.29 is 19.4 Å². The summed E-state index contributed by atoms with van der Waals surface area (Å²) < 4.78 is 5.27. The third kappa shape index (κ3) is 4.04. The van der Waals surface area contributed by atoms with Crippen LogP contribution in [0.15, 0.2) is 60.7 Å². The lowest BCUT2D eigenvalue weighted by Crippen LogP contribution is -2.43. The molecule has 2 amide bonds.